The summed E-state index contributed by atoms with van der Waals surface area (Å²) in [6.07, 6.45) is 2.32. The van der Waals surface area contributed by atoms with Gasteiger partial charge in [0, 0.05) is 17.1 Å². The van der Waals surface area contributed by atoms with E-state index < -0.39 is 0 Å². The maximum Gasteiger partial charge on any atom is 0.248 e. The zero-order valence-corrected chi connectivity index (χ0v) is 12.7. The number of carbonyl (C=O) groups excluding carboxylic acids is 1. The van der Waals surface area contributed by atoms with Crippen molar-refractivity contribution in [1.29, 1.82) is 0 Å². The van der Waals surface area contributed by atoms with Gasteiger partial charge in [0.2, 0.25) is 5.91 Å². The highest BCUT2D eigenvalue weighted by Gasteiger charge is 2.27. The average Bonchev–Trinajstić information content (AvgIpc) is 3.32. The van der Waals surface area contributed by atoms with E-state index in [1.165, 1.54) is 12.8 Å². The first-order chi connectivity index (χ1) is 10.2. The van der Waals surface area contributed by atoms with Crippen molar-refractivity contribution in [3.8, 4) is 0 Å². The standard InChI is InChI=1S/C16H20ClNO3/c17-14-4-2-1-3-13(14)15-9-18(7-8-21-15)16(19)11-20-10-12-5-6-12/h1-4,12,15H,5-11H2/t15-/m0/s1. The number of halogens is 1. The number of hydrogen-bond donors (Lipinski definition) is 0. The maximum absolute atomic E-state index is 12.2. The number of benzene rings is 1. The molecular weight excluding hydrogens is 290 g/mol. The van der Waals surface area contributed by atoms with Gasteiger partial charge in [-0.05, 0) is 24.8 Å². The van der Waals surface area contributed by atoms with E-state index >= 15 is 0 Å². The minimum Gasteiger partial charge on any atom is -0.371 e. The SMILES string of the molecule is O=C(COCC1CC1)N1CCO[C@H](c2ccccc2Cl)C1. The Hall–Kier alpha value is -1.10. The zero-order valence-electron chi connectivity index (χ0n) is 12.0. The fourth-order valence-corrected chi connectivity index (χ4v) is 2.75. The summed E-state index contributed by atoms with van der Waals surface area (Å²) in [6.45, 7) is 2.57. The van der Waals surface area contributed by atoms with Crippen LogP contribution in [0.25, 0.3) is 0 Å². The number of amides is 1. The number of nitrogens with zero attached hydrogens (tertiary/aromatic N) is 1. The summed E-state index contributed by atoms with van der Waals surface area (Å²) in [5.74, 6) is 0.717. The number of morpholine rings is 1. The van der Waals surface area contributed by atoms with Crippen LogP contribution < -0.4 is 0 Å². The molecule has 5 heteroatoms. The minimum atomic E-state index is -0.153. The van der Waals surface area contributed by atoms with Gasteiger partial charge in [-0.25, -0.2) is 0 Å². The largest absolute Gasteiger partial charge is 0.371 e. The Bertz CT molecular complexity index is 504. The van der Waals surface area contributed by atoms with E-state index in [9.17, 15) is 4.79 Å². The van der Waals surface area contributed by atoms with Crippen LogP contribution in [0, 0.1) is 5.92 Å². The first-order valence-corrected chi connectivity index (χ1v) is 7.83. The highest BCUT2D eigenvalue weighted by atomic mass is 35.5. The van der Waals surface area contributed by atoms with Crippen LogP contribution in [0.2, 0.25) is 5.02 Å². The molecule has 3 rings (SSSR count). The average molecular weight is 310 g/mol. The smallest absolute Gasteiger partial charge is 0.248 e. The predicted octanol–water partition coefficient (Wildman–Crippen LogP) is 2.67. The highest BCUT2D eigenvalue weighted by Crippen LogP contribution is 2.29. The maximum atomic E-state index is 12.2. The van der Waals surface area contributed by atoms with Crippen LogP contribution in [0.4, 0.5) is 0 Å². The van der Waals surface area contributed by atoms with Crippen molar-refractivity contribution < 1.29 is 14.3 Å². The molecule has 0 aromatic heterocycles. The fourth-order valence-electron chi connectivity index (χ4n) is 2.49. The van der Waals surface area contributed by atoms with Crippen LogP contribution in [0.5, 0.6) is 0 Å². The molecule has 2 aliphatic rings. The lowest BCUT2D eigenvalue weighted by atomic mass is 10.1. The van der Waals surface area contributed by atoms with Crippen LogP contribution in [0.15, 0.2) is 24.3 Å². The second-order valence-corrected chi connectivity index (χ2v) is 6.09. The third kappa shape index (κ3) is 3.96. The number of ether oxygens (including phenoxy) is 2. The number of rotatable bonds is 5. The third-order valence-corrected chi connectivity index (χ3v) is 4.29. The van der Waals surface area contributed by atoms with E-state index in [1.807, 2.05) is 29.2 Å². The number of carbonyl (C=O) groups is 1. The van der Waals surface area contributed by atoms with Crippen molar-refractivity contribution in [1.82, 2.24) is 4.90 Å². The van der Waals surface area contributed by atoms with Gasteiger partial charge in [0.15, 0.2) is 0 Å². The van der Waals surface area contributed by atoms with Gasteiger partial charge >= 0.3 is 0 Å². The molecule has 0 N–H and O–H groups in total. The Balaban J connectivity index is 1.54. The lowest BCUT2D eigenvalue weighted by molar-refractivity contribution is -0.144. The van der Waals surface area contributed by atoms with Crippen molar-refractivity contribution in [2.75, 3.05) is 32.9 Å². The predicted molar refractivity (Wildman–Crippen MR) is 80.3 cm³/mol. The molecule has 1 saturated heterocycles. The molecule has 4 nitrogen and oxygen atoms in total. The molecule has 2 fully saturated rings. The van der Waals surface area contributed by atoms with Crippen molar-refractivity contribution in [2.45, 2.75) is 18.9 Å². The first kappa shape index (κ1) is 14.8. The molecule has 1 aromatic rings. The van der Waals surface area contributed by atoms with Crippen molar-refractivity contribution in [3.05, 3.63) is 34.9 Å². The van der Waals surface area contributed by atoms with E-state index in [4.69, 9.17) is 21.1 Å². The molecule has 0 radical (unpaired) electrons. The molecule has 1 atom stereocenters. The Labute approximate surface area is 130 Å². The summed E-state index contributed by atoms with van der Waals surface area (Å²) in [4.78, 5) is 14.0. The summed E-state index contributed by atoms with van der Waals surface area (Å²) >= 11 is 6.20. The lowest BCUT2D eigenvalue weighted by Gasteiger charge is -2.33. The molecule has 1 heterocycles. The Morgan fingerprint density at radius 1 is 1.38 bits per heavy atom. The molecule has 1 aromatic carbocycles. The second kappa shape index (κ2) is 6.77. The van der Waals surface area contributed by atoms with E-state index in [-0.39, 0.29) is 18.6 Å². The Morgan fingerprint density at radius 2 is 2.19 bits per heavy atom. The first-order valence-electron chi connectivity index (χ1n) is 7.45. The molecule has 1 amide bonds. The molecule has 0 unspecified atom stereocenters. The van der Waals surface area contributed by atoms with Gasteiger partial charge < -0.3 is 14.4 Å². The molecule has 1 aliphatic carbocycles. The summed E-state index contributed by atoms with van der Waals surface area (Å²) in [5, 5.41) is 0.682. The molecule has 1 saturated carbocycles. The molecular formula is C16H20ClNO3. The van der Waals surface area contributed by atoms with Crippen LogP contribution >= 0.6 is 11.6 Å². The van der Waals surface area contributed by atoms with Gasteiger partial charge in [-0.1, -0.05) is 29.8 Å². The molecule has 0 bridgehead atoms. The van der Waals surface area contributed by atoms with Crippen LogP contribution in [-0.2, 0) is 14.3 Å². The lowest BCUT2D eigenvalue weighted by Crippen LogP contribution is -2.44. The van der Waals surface area contributed by atoms with E-state index in [2.05, 4.69) is 0 Å². The molecule has 0 spiro atoms. The monoisotopic (exact) mass is 309 g/mol. The van der Waals surface area contributed by atoms with Crippen molar-refractivity contribution in [3.63, 3.8) is 0 Å². The van der Waals surface area contributed by atoms with E-state index in [0.29, 0.717) is 37.2 Å². The topological polar surface area (TPSA) is 38.8 Å². The van der Waals surface area contributed by atoms with Crippen molar-refractivity contribution >= 4 is 17.5 Å². The molecule has 1 aliphatic heterocycles. The highest BCUT2D eigenvalue weighted by molar-refractivity contribution is 6.31. The Morgan fingerprint density at radius 3 is 2.95 bits per heavy atom. The quantitative estimate of drug-likeness (QED) is 0.839. The summed E-state index contributed by atoms with van der Waals surface area (Å²) in [6, 6.07) is 7.62. The third-order valence-electron chi connectivity index (χ3n) is 3.95. The van der Waals surface area contributed by atoms with Gasteiger partial charge in [-0.3, -0.25) is 4.79 Å². The Kier molecular flexibility index (Phi) is 4.78. The van der Waals surface area contributed by atoms with Gasteiger partial charge in [0.05, 0.1) is 19.8 Å². The van der Waals surface area contributed by atoms with Crippen LogP contribution in [-0.4, -0.2) is 43.7 Å². The molecule has 114 valence electrons. The minimum absolute atomic E-state index is 0.0380. The van der Waals surface area contributed by atoms with Crippen LogP contribution in [0.3, 0.4) is 0 Å². The van der Waals surface area contributed by atoms with Gasteiger partial charge in [-0.2, -0.15) is 0 Å². The normalized spacial score (nSPS) is 22.3. The second-order valence-electron chi connectivity index (χ2n) is 5.68. The summed E-state index contributed by atoms with van der Waals surface area (Å²) < 4.78 is 11.2. The van der Waals surface area contributed by atoms with Crippen molar-refractivity contribution in [2.24, 2.45) is 5.92 Å². The summed E-state index contributed by atoms with van der Waals surface area (Å²) in [5.41, 5.74) is 0.940. The number of hydrogen-bond acceptors (Lipinski definition) is 3. The van der Waals surface area contributed by atoms with Gasteiger partial charge in [-0.15, -0.1) is 0 Å². The van der Waals surface area contributed by atoms with Gasteiger partial charge in [0.1, 0.15) is 12.7 Å². The van der Waals surface area contributed by atoms with E-state index in [0.717, 1.165) is 5.56 Å². The summed E-state index contributed by atoms with van der Waals surface area (Å²) in [7, 11) is 0. The van der Waals surface area contributed by atoms with Gasteiger partial charge in [0.25, 0.3) is 0 Å². The fraction of sp³-hybridized carbons (Fsp3) is 0.562. The van der Waals surface area contributed by atoms with E-state index in [1.54, 1.807) is 0 Å². The van der Waals surface area contributed by atoms with Crippen LogP contribution in [0.1, 0.15) is 24.5 Å². The molecule has 21 heavy (non-hydrogen) atoms. The zero-order chi connectivity index (χ0) is 14.7.